The predicted molar refractivity (Wildman–Crippen MR) is 202 cm³/mol. The zero-order valence-electron chi connectivity index (χ0n) is 28.4. The van der Waals surface area contributed by atoms with E-state index in [0.29, 0.717) is 39.5 Å². The molecule has 0 saturated heterocycles. The zero-order chi connectivity index (χ0) is 36.2. The number of hydrogen-bond donors (Lipinski definition) is 5. The summed E-state index contributed by atoms with van der Waals surface area (Å²) in [5.41, 5.74) is 14.1. The van der Waals surface area contributed by atoms with Gasteiger partial charge in [0.15, 0.2) is 5.75 Å². The monoisotopic (exact) mass is 699 g/mol. The molecule has 51 heavy (non-hydrogen) atoms. The summed E-state index contributed by atoms with van der Waals surface area (Å²) >= 11 is 6.28. The number of anilines is 5. The number of azo groups is 2. The second-order valence-electron chi connectivity index (χ2n) is 12.0. The summed E-state index contributed by atoms with van der Waals surface area (Å²) in [4.78, 5) is 24.7. The largest absolute Gasteiger partial charge is 0.505 e. The van der Waals surface area contributed by atoms with Crippen molar-refractivity contribution in [3.63, 3.8) is 0 Å². The van der Waals surface area contributed by atoms with Crippen molar-refractivity contribution in [1.82, 2.24) is 15.0 Å². The first-order chi connectivity index (χ1) is 24.4. The van der Waals surface area contributed by atoms with E-state index in [1.54, 1.807) is 30.3 Å². The SMILES string of the molecule is Cc1ccc(/N=N/c2ccc(Nc3nc(Cl)nc(Nc4ccc5c(O)c(N=Nc6cc(C)ccc6C)c(C)cc5c4)n3)cc2NC(N)=O)c(C)c1. The Hall–Kier alpha value is -6.47. The number of nitrogens with one attached hydrogen (secondary N) is 3. The van der Waals surface area contributed by atoms with E-state index in [9.17, 15) is 9.90 Å². The van der Waals surface area contributed by atoms with Crippen LogP contribution in [0.4, 0.5) is 56.5 Å². The maximum Gasteiger partial charge on any atom is 0.316 e. The van der Waals surface area contributed by atoms with Crippen LogP contribution in [0.5, 0.6) is 5.75 Å². The Kier molecular flexibility index (Phi) is 9.82. The number of nitrogens with zero attached hydrogens (tertiary/aromatic N) is 7. The van der Waals surface area contributed by atoms with Crippen LogP contribution in [-0.2, 0) is 0 Å². The number of halogens is 1. The van der Waals surface area contributed by atoms with E-state index in [-0.39, 0.29) is 22.9 Å². The number of primary amides is 1. The minimum atomic E-state index is -0.762. The quantitative estimate of drug-likeness (QED) is 0.0928. The van der Waals surface area contributed by atoms with Gasteiger partial charge < -0.3 is 26.8 Å². The molecule has 6 aromatic rings. The van der Waals surface area contributed by atoms with E-state index in [1.165, 1.54) is 0 Å². The highest BCUT2D eigenvalue weighted by molar-refractivity contribution is 6.28. The molecule has 1 heterocycles. The van der Waals surface area contributed by atoms with Crippen molar-refractivity contribution in [2.75, 3.05) is 16.0 Å². The van der Waals surface area contributed by atoms with Crippen molar-refractivity contribution in [2.45, 2.75) is 34.6 Å². The fourth-order valence-corrected chi connectivity index (χ4v) is 5.49. The Morgan fingerprint density at radius 2 is 1.29 bits per heavy atom. The highest BCUT2D eigenvalue weighted by Crippen LogP contribution is 2.40. The molecule has 6 N–H and O–H groups in total. The molecule has 0 bridgehead atoms. The molecular formula is C37H34ClN11O2. The summed E-state index contributed by atoms with van der Waals surface area (Å²) in [5.74, 6) is 0.342. The van der Waals surface area contributed by atoms with Crippen LogP contribution in [0.1, 0.15) is 27.8 Å². The molecule has 0 unspecified atom stereocenters. The molecule has 0 aliphatic carbocycles. The van der Waals surface area contributed by atoms with Gasteiger partial charge in [-0.15, -0.1) is 10.2 Å². The van der Waals surface area contributed by atoms with Gasteiger partial charge in [0.2, 0.25) is 17.2 Å². The van der Waals surface area contributed by atoms with Crippen LogP contribution in [0.3, 0.4) is 0 Å². The molecule has 0 spiro atoms. The number of urea groups is 1. The number of hydrogen-bond acceptors (Lipinski definition) is 11. The summed E-state index contributed by atoms with van der Waals surface area (Å²) < 4.78 is 0. The Bertz CT molecular complexity index is 2380. The van der Waals surface area contributed by atoms with Gasteiger partial charge in [0.25, 0.3) is 0 Å². The first-order valence-corrected chi connectivity index (χ1v) is 16.2. The minimum Gasteiger partial charge on any atom is -0.505 e. The van der Waals surface area contributed by atoms with Crippen LogP contribution >= 0.6 is 11.6 Å². The summed E-state index contributed by atoms with van der Waals surface area (Å²) in [6, 6.07) is 23.4. The summed E-state index contributed by atoms with van der Waals surface area (Å²) in [5, 5.41) is 38.8. The van der Waals surface area contributed by atoms with Crippen molar-refractivity contribution >= 4 is 80.1 Å². The molecule has 14 heteroatoms. The first kappa shape index (κ1) is 34.4. The number of aromatic nitrogens is 3. The van der Waals surface area contributed by atoms with Gasteiger partial charge >= 0.3 is 6.03 Å². The van der Waals surface area contributed by atoms with Gasteiger partial charge in [0.05, 0.1) is 17.1 Å². The number of carbonyl (C=O) groups excluding carboxylic acids is 1. The third-order valence-corrected chi connectivity index (χ3v) is 8.06. The average molecular weight is 700 g/mol. The van der Waals surface area contributed by atoms with E-state index in [0.717, 1.165) is 38.9 Å². The summed E-state index contributed by atoms with van der Waals surface area (Å²) in [7, 11) is 0. The third-order valence-electron chi connectivity index (χ3n) is 7.89. The van der Waals surface area contributed by atoms with Gasteiger partial charge in [-0.1, -0.05) is 29.8 Å². The Labute approximate surface area is 298 Å². The lowest BCUT2D eigenvalue weighted by Gasteiger charge is -2.12. The van der Waals surface area contributed by atoms with Crippen LogP contribution in [0, 0.1) is 34.6 Å². The van der Waals surface area contributed by atoms with Crippen molar-refractivity contribution in [3.8, 4) is 5.75 Å². The number of nitrogens with two attached hydrogens (primary N) is 1. The second kappa shape index (κ2) is 14.6. The molecule has 0 fully saturated rings. The maximum absolute atomic E-state index is 11.8. The molecular weight excluding hydrogens is 666 g/mol. The van der Waals surface area contributed by atoms with Crippen molar-refractivity contribution in [3.05, 3.63) is 112 Å². The molecule has 0 saturated carbocycles. The van der Waals surface area contributed by atoms with Crippen LogP contribution in [0.2, 0.25) is 5.28 Å². The van der Waals surface area contributed by atoms with Gasteiger partial charge in [0, 0.05) is 16.8 Å². The van der Waals surface area contributed by atoms with E-state index < -0.39 is 6.03 Å². The second-order valence-corrected chi connectivity index (χ2v) is 12.4. The highest BCUT2D eigenvalue weighted by Gasteiger charge is 2.14. The van der Waals surface area contributed by atoms with Gasteiger partial charge in [-0.05, 0) is 128 Å². The maximum atomic E-state index is 11.8. The van der Waals surface area contributed by atoms with E-state index >= 15 is 0 Å². The zero-order valence-corrected chi connectivity index (χ0v) is 29.2. The Morgan fingerprint density at radius 1 is 0.667 bits per heavy atom. The Morgan fingerprint density at radius 3 is 2.02 bits per heavy atom. The molecule has 256 valence electrons. The lowest BCUT2D eigenvalue weighted by molar-refractivity contribution is 0.259. The number of phenols is 1. The number of phenolic OH excluding ortho intramolecular Hbond substituents is 1. The number of amides is 2. The number of rotatable bonds is 9. The fraction of sp³-hybridized carbons (Fsp3) is 0.135. The molecule has 13 nitrogen and oxygen atoms in total. The van der Waals surface area contributed by atoms with Crippen molar-refractivity contribution < 1.29 is 9.90 Å². The van der Waals surface area contributed by atoms with E-state index in [1.807, 2.05) is 83.1 Å². The predicted octanol–water partition coefficient (Wildman–Crippen LogP) is 10.7. The summed E-state index contributed by atoms with van der Waals surface area (Å²) in [6.45, 7) is 9.78. The normalized spacial score (nSPS) is 11.4. The first-order valence-electron chi connectivity index (χ1n) is 15.8. The highest BCUT2D eigenvalue weighted by atomic mass is 35.5. The standard InChI is InChI=1S/C37H34ClN11O2/c1-19-7-12-28(22(4)14-19)46-47-29-13-10-26(18-31(29)42-35(39)51)41-37-44-34(38)43-36(45-37)40-25-9-11-27-24(17-25)16-23(5)32(33(27)50)49-48-30-15-20(2)6-8-21(30)3/h6-18,50H,1-5H3,(H3,39,42,51)(H2,40,41,43,44,45)/b47-46+,49-48?. The fourth-order valence-electron chi connectivity index (χ4n) is 5.33. The molecule has 2 amide bonds. The topological polar surface area (TPSA) is 188 Å². The molecule has 0 aliphatic rings. The minimum absolute atomic E-state index is 0.0308. The molecule has 0 radical (unpaired) electrons. The number of fused-ring (bicyclic) bond motifs is 1. The van der Waals surface area contributed by atoms with Crippen molar-refractivity contribution in [1.29, 1.82) is 0 Å². The van der Waals surface area contributed by atoms with Crippen molar-refractivity contribution in [2.24, 2.45) is 26.2 Å². The van der Waals surface area contributed by atoms with Crippen LogP contribution < -0.4 is 21.7 Å². The van der Waals surface area contributed by atoms with E-state index in [2.05, 4.69) is 51.4 Å². The van der Waals surface area contributed by atoms with Crippen LogP contribution in [0.15, 0.2) is 99.3 Å². The average Bonchev–Trinajstić information content (AvgIpc) is 3.06. The van der Waals surface area contributed by atoms with Gasteiger partial charge in [-0.2, -0.15) is 25.2 Å². The molecule has 1 aromatic heterocycles. The number of benzene rings is 5. The van der Waals surface area contributed by atoms with Gasteiger partial charge in [-0.25, -0.2) is 4.79 Å². The number of carbonyl (C=O) groups is 1. The molecule has 5 aromatic carbocycles. The Balaban J connectivity index is 1.22. The lowest BCUT2D eigenvalue weighted by atomic mass is 10.0. The third kappa shape index (κ3) is 8.23. The number of aromatic hydroxyl groups is 1. The summed E-state index contributed by atoms with van der Waals surface area (Å²) in [6.07, 6.45) is 0. The number of aryl methyl sites for hydroxylation is 5. The molecule has 0 aliphatic heterocycles. The van der Waals surface area contributed by atoms with E-state index in [4.69, 9.17) is 17.3 Å². The van der Waals surface area contributed by atoms with Crippen LogP contribution in [-0.4, -0.2) is 26.1 Å². The van der Waals surface area contributed by atoms with Crippen LogP contribution in [0.25, 0.3) is 10.8 Å². The van der Waals surface area contributed by atoms with Gasteiger partial charge in [0.1, 0.15) is 11.4 Å². The lowest BCUT2D eigenvalue weighted by Crippen LogP contribution is -2.19. The molecule has 0 atom stereocenters. The molecule has 6 rings (SSSR count). The van der Waals surface area contributed by atoms with Gasteiger partial charge in [-0.3, -0.25) is 0 Å². The smallest absolute Gasteiger partial charge is 0.316 e.